The lowest BCUT2D eigenvalue weighted by Crippen LogP contribution is -2.40. The molecule has 142 valence electrons. The Labute approximate surface area is 161 Å². The van der Waals surface area contributed by atoms with Crippen LogP contribution in [0.15, 0.2) is 35.5 Å². The van der Waals surface area contributed by atoms with Gasteiger partial charge in [-0.1, -0.05) is 11.6 Å². The summed E-state index contributed by atoms with van der Waals surface area (Å²) in [6.45, 7) is 0.839. The lowest BCUT2D eigenvalue weighted by atomic mass is 10.1. The van der Waals surface area contributed by atoms with Gasteiger partial charge in [0, 0.05) is 36.1 Å². The third-order valence-corrected chi connectivity index (χ3v) is 6.20. The fourth-order valence-electron chi connectivity index (χ4n) is 2.88. The Morgan fingerprint density at radius 1 is 1.26 bits per heavy atom. The van der Waals surface area contributed by atoms with Gasteiger partial charge in [-0.05, 0) is 23.8 Å². The number of carboxylic acids is 1. The van der Waals surface area contributed by atoms with Gasteiger partial charge >= 0.3 is 5.97 Å². The van der Waals surface area contributed by atoms with E-state index in [0.717, 1.165) is 0 Å². The molecule has 2 heterocycles. The molecule has 0 radical (unpaired) electrons. The van der Waals surface area contributed by atoms with Crippen molar-refractivity contribution in [1.29, 1.82) is 5.26 Å². The van der Waals surface area contributed by atoms with E-state index in [9.17, 15) is 18.5 Å². The normalized spacial score (nSPS) is 15.4. The fraction of sp³-hybridized carbons (Fsp3) is 0.294. The molecular weight excluding hydrogens is 394 g/mol. The van der Waals surface area contributed by atoms with Crippen molar-refractivity contribution in [2.75, 3.05) is 26.3 Å². The fourth-order valence-corrected chi connectivity index (χ4v) is 4.66. The number of halogens is 1. The number of hydrogen-bond acceptors (Lipinski definition) is 5. The average molecular weight is 410 g/mol. The molecule has 1 N–H and O–H groups in total. The molecule has 0 atom stereocenters. The maximum absolute atomic E-state index is 12.9. The van der Waals surface area contributed by atoms with Crippen LogP contribution in [0.4, 0.5) is 0 Å². The predicted molar refractivity (Wildman–Crippen MR) is 96.8 cm³/mol. The highest BCUT2D eigenvalue weighted by molar-refractivity contribution is 7.89. The van der Waals surface area contributed by atoms with Gasteiger partial charge in [-0.2, -0.15) is 9.57 Å². The first-order chi connectivity index (χ1) is 12.8. The van der Waals surface area contributed by atoms with Crippen LogP contribution < -0.4 is 0 Å². The van der Waals surface area contributed by atoms with E-state index in [1.54, 1.807) is 6.07 Å². The van der Waals surface area contributed by atoms with Crippen LogP contribution in [-0.4, -0.2) is 54.7 Å². The van der Waals surface area contributed by atoms with Crippen molar-refractivity contribution >= 4 is 27.6 Å². The van der Waals surface area contributed by atoms with Gasteiger partial charge in [0.25, 0.3) is 0 Å². The average Bonchev–Trinajstić information content (AvgIpc) is 3.04. The van der Waals surface area contributed by atoms with Crippen molar-refractivity contribution in [2.24, 2.45) is 0 Å². The van der Waals surface area contributed by atoms with Crippen LogP contribution in [0, 0.1) is 11.3 Å². The van der Waals surface area contributed by atoms with Crippen LogP contribution >= 0.6 is 11.6 Å². The molecule has 0 saturated carbocycles. The van der Waals surface area contributed by atoms with Gasteiger partial charge in [-0.25, -0.2) is 8.42 Å². The Balaban J connectivity index is 2.05. The Morgan fingerprint density at radius 2 is 1.96 bits per heavy atom. The van der Waals surface area contributed by atoms with Crippen LogP contribution in [0.5, 0.6) is 0 Å². The minimum Gasteiger partial charge on any atom is -0.480 e. The molecule has 1 aromatic heterocycles. The van der Waals surface area contributed by atoms with Crippen LogP contribution in [0.25, 0.3) is 11.1 Å². The summed E-state index contributed by atoms with van der Waals surface area (Å²) in [5.41, 5.74) is 1.07. The molecule has 1 aliphatic rings. The van der Waals surface area contributed by atoms with E-state index >= 15 is 0 Å². The number of benzene rings is 1. The SMILES string of the molecule is N#Cc1cn(CC(=O)O)cc1-c1cc(Cl)cc(S(=O)(=O)N2CCOCC2)c1. The van der Waals surface area contributed by atoms with Crippen molar-refractivity contribution in [3.8, 4) is 17.2 Å². The quantitative estimate of drug-likeness (QED) is 0.805. The summed E-state index contributed by atoms with van der Waals surface area (Å²) in [5.74, 6) is -1.05. The van der Waals surface area contributed by atoms with E-state index in [0.29, 0.717) is 24.3 Å². The molecule has 0 amide bonds. The summed E-state index contributed by atoms with van der Waals surface area (Å²) >= 11 is 6.14. The number of nitriles is 1. The van der Waals surface area contributed by atoms with Crippen molar-refractivity contribution in [1.82, 2.24) is 8.87 Å². The molecule has 1 saturated heterocycles. The van der Waals surface area contributed by atoms with Crippen molar-refractivity contribution < 1.29 is 23.1 Å². The highest BCUT2D eigenvalue weighted by atomic mass is 35.5. The first kappa shape index (κ1) is 19.4. The lowest BCUT2D eigenvalue weighted by molar-refractivity contribution is -0.137. The monoisotopic (exact) mass is 409 g/mol. The van der Waals surface area contributed by atoms with Gasteiger partial charge < -0.3 is 14.4 Å². The van der Waals surface area contributed by atoms with Gasteiger partial charge in [0.1, 0.15) is 12.6 Å². The molecule has 0 unspecified atom stereocenters. The molecule has 3 rings (SSSR count). The number of sulfonamides is 1. The van der Waals surface area contributed by atoms with Gasteiger partial charge in [-0.3, -0.25) is 4.79 Å². The van der Waals surface area contributed by atoms with E-state index in [1.807, 2.05) is 6.07 Å². The smallest absolute Gasteiger partial charge is 0.323 e. The van der Waals surface area contributed by atoms with Crippen molar-refractivity contribution in [3.63, 3.8) is 0 Å². The summed E-state index contributed by atoms with van der Waals surface area (Å²) in [4.78, 5) is 10.9. The molecule has 27 heavy (non-hydrogen) atoms. The number of ether oxygens (including phenoxy) is 1. The first-order valence-electron chi connectivity index (χ1n) is 8.02. The van der Waals surface area contributed by atoms with Gasteiger partial charge in [-0.15, -0.1) is 0 Å². The number of rotatable bonds is 5. The van der Waals surface area contributed by atoms with Crippen LogP contribution in [0.2, 0.25) is 5.02 Å². The van der Waals surface area contributed by atoms with E-state index in [1.165, 1.54) is 33.4 Å². The second kappa shape index (κ2) is 7.70. The minimum atomic E-state index is -3.76. The maximum atomic E-state index is 12.9. The van der Waals surface area contributed by atoms with Crippen LogP contribution in [0.1, 0.15) is 5.56 Å². The predicted octanol–water partition coefficient (Wildman–Crippen LogP) is 1.79. The molecule has 2 aromatic rings. The van der Waals surface area contributed by atoms with Crippen LogP contribution in [-0.2, 0) is 26.1 Å². The number of morpholine rings is 1. The number of carboxylic acid groups (broad SMARTS) is 1. The number of nitrogens with zero attached hydrogens (tertiary/aromatic N) is 3. The second-order valence-electron chi connectivity index (χ2n) is 5.96. The largest absolute Gasteiger partial charge is 0.480 e. The van der Waals surface area contributed by atoms with E-state index < -0.39 is 16.0 Å². The zero-order valence-corrected chi connectivity index (χ0v) is 15.7. The molecule has 10 heteroatoms. The molecule has 0 aliphatic carbocycles. The summed E-state index contributed by atoms with van der Waals surface area (Å²) in [5, 5.41) is 18.5. The van der Waals surface area contributed by atoms with Gasteiger partial charge in [0.15, 0.2) is 0 Å². The second-order valence-corrected chi connectivity index (χ2v) is 8.33. The third-order valence-electron chi connectivity index (χ3n) is 4.11. The molecule has 1 aliphatic heterocycles. The standard InChI is InChI=1S/C17H16ClN3O5S/c18-14-5-12(16-10-20(11-17(22)23)9-13(16)8-19)6-15(7-14)27(24,25)21-1-3-26-4-2-21/h5-7,9-10H,1-4,11H2,(H,22,23). The Bertz CT molecular complexity index is 1020. The minimum absolute atomic E-state index is 0.0155. The van der Waals surface area contributed by atoms with E-state index in [2.05, 4.69) is 0 Å². The van der Waals surface area contributed by atoms with E-state index in [4.69, 9.17) is 21.4 Å². The summed E-state index contributed by atoms with van der Waals surface area (Å²) in [7, 11) is -3.76. The Morgan fingerprint density at radius 3 is 2.59 bits per heavy atom. The number of hydrogen-bond donors (Lipinski definition) is 1. The zero-order chi connectivity index (χ0) is 19.6. The molecular formula is C17H16ClN3O5S. The maximum Gasteiger partial charge on any atom is 0.323 e. The summed E-state index contributed by atoms with van der Waals surface area (Å²) in [6.07, 6.45) is 2.89. The van der Waals surface area contributed by atoms with Gasteiger partial charge in [0.05, 0.1) is 23.7 Å². The first-order valence-corrected chi connectivity index (χ1v) is 9.83. The van der Waals surface area contributed by atoms with Crippen molar-refractivity contribution in [3.05, 3.63) is 41.2 Å². The number of aromatic nitrogens is 1. The number of carbonyl (C=O) groups is 1. The highest BCUT2D eigenvalue weighted by Crippen LogP contribution is 2.31. The molecule has 8 nitrogen and oxygen atoms in total. The van der Waals surface area contributed by atoms with Crippen LogP contribution in [0.3, 0.4) is 0 Å². The van der Waals surface area contributed by atoms with E-state index in [-0.39, 0.29) is 35.1 Å². The summed E-state index contributed by atoms with van der Waals surface area (Å²) < 4.78 is 33.7. The topological polar surface area (TPSA) is 113 Å². The Kier molecular flexibility index (Phi) is 5.53. The molecule has 1 aromatic carbocycles. The van der Waals surface area contributed by atoms with Crippen molar-refractivity contribution in [2.45, 2.75) is 11.4 Å². The lowest BCUT2D eigenvalue weighted by Gasteiger charge is -2.26. The zero-order valence-electron chi connectivity index (χ0n) is 14.1. The number of aliphatic carboxylic acids is 1. The Hall–Kier alpha value is -2.38. The van der Waals surface area contributed by atoms with Gasteiger partial charge in [0.2, 0.25) is 10.0 Å². The summed E-state index contributed by atoms with van der Waals surface area (Å²) in [6, 6.07) is 6.34. The molecule has 0 bridgehead atoms. The molecule has 0 spiro atoms. The molecule has 1 fully saturated rings. The third kappa shape index (κ3) is 4.14. The highest BCUT2D eigenvalue weighted by Gasteiger charge is 2.27.